The normalized spacial score (nSPS) is 15.0. The average Bonchev–Trinajstić information content (AvgIpc) is 3.04. The largest absolute Gasteiger partial charge is 0.408 e. The summed E-state index contributed by atoms with van der Waals surface area (Å²) in [6.07, 6.45) is 0.928. The molecule has 0 N–H and O–H groups in total. The van der Waals surface area contributed by atoms with Gasteiger partial charge >= 0.3 is 6.01 Å². The van der Waals surface area contributed by atoms with Gasteiger partial charge in [-0.25, -0.2) is 4.39 Å². The second-order valence-corrected chi connectivity index (χ2v) is 5.51. The fraction of sp³-hybridized carbons (Fsp3) is 0.438. The Morgan fingerprint density at radius 2 is 2.04 bits per heavy atom. The summed E-state index contributed by atoms with van der Waals surface area (Å²) < 4.78 is 18.7. The van der Waals surface area contributed by atoms with Crippen molar-refractivity contribution in [3.05, 3.63) is 41.5 Å². The number of carbonyl (C=O) groups is 1. The molecule has 0 saturated carbocycles. The van der Waals surface area contributed by atoms with Gasteiger partial charge in [0.25, 0.3) is 0 Å². The van der Waals surface area contributed by atoms with Crippen LogP contribution in [-0.2, 0) is 17.6 Å². The van der Waals surface area contributed by atoms with Crippen LogP contribution < -0.4 is 4.90 Å². The minimum Gasteiger partial charge on any atom is -0.408 e. The van der Waals surface area contributed by atoms with Gasteiger partial charge in [0.05, 0.1) is 6.42 Å². The number of aromatic nitrogens is 2. The molecule has 23 heavy (non-hydrogen) atoms. The zero-order valence-electron chi connectivity index (χ0n) is 13.0. The van der Waals surface area contributed by atoms with Crippen molar-refractivity contribution >= 4 is 11.9 Å². The summed E-state index contributed by atoms with van der Waals surface area (Å²) in [5.74, 6) is 0.308. The van der Waals surface area contributed by atoms with Crippen LogP contribution in [0.5, 0.6) is 0 Å². The van der Waals surface area contributed by atoms with E-state index in [1.807, 2.05) is 11.8 Å². The molecule has 6 nitrogen and oxygen atoms in total. The van der Waals surface area contributed by atoms with Crippen molar-refractivity contribution in [2.45, 2.75) is 19.8 Å². The molecule has 0 radical (unpaired) electrons. The maximum Gasteiger partial charge on any atom is 0.318 e. The molecule has 1 fully saturated rings. The summed E-state index contributed by atoms with van der Waals surface area (Å²) in [7, 11) is 0. The number of aryl methyl sites for hydroxylation is 1. The van der Waals surface area contributed by atoms with Crippen molar-refractivity contribution in [2.24, 2.45) is 0 Å². The van der Waals surface area contributed by atoms with Gasteiger partial charge in [-0.15, -0.1) is 5.10 Å². The third-order valence-corrected chi connectivity index (χ3v) is 3.91. The molecule has 0 aliphatic carbocycles. The van der Waals surface area contributed by atoms with Crippen molar-refractivity contribution in [1.29, 1.82) is 0 Å². The molecule has 2 heterocycles. The molecule has 1 amide bonds. The maximum atomic E-state index is 13.2. The lowest BCUT2D eigenvalue weighted by Crippen LogP contribution is -2.49. The average molecular weight is 318 g/mol. The molecule has 0 unspecified atom stereocenters. The van der Waals surface area contributed by atoms with Crippen LogP contribution in [0, 0.1) is 5.82 Å². The molecule has 1 aromatic heterocycles. The zero-order chi connectivity index (χ0) is 16.2. The summed E-state index contributed by atoms with van der Waals surface area (Å²) in [5.41, 5.74) is 0.696. The summed E-state index contributed by atoms with van der Waals surface area (Å²) in [4.78, 5) is 16.1. The second-order valence-electron chi connectivity index (χ2n) is 5.51. The highest BCUT2D eigenvalue weighted by molar-refractivity contribution is 5.79. The van der Waals surface area contributed by atoms with Gasteiger partial charge in [0, 0.05) is 32.6 Å². The Morgan fingerprint density at radius 3 is 2.70 bits per heavy atom. The van der Waals surface area contributed by atoms with Gasteiger partial charge in [-0.05, 0) is 17.7 Å². The number of halogens is 1. The number of amides is 1. The Hall–Kier alpha value is -2.44. The fourth-order valence-corrected chi connectivity index (χ4v) is 2.60. The predicted octanol–water partition coefficient (Wildman–Crippen LogP) is 1.66. The smallest absolute Gasteiger partial charge is 0.318 e. The lowest BCUT2D eigenvalue weighted by molar-refractivity contribution is -0.130. The maximum absolute atomic E-state index is 13.2. The lowest BCUT2D eigenvalue weighted by atomic mass is 10.1. The molecule has 0 spiro atoms. The second kappa shape index (κ2) is 6.76. The monoisotopic (exact) mass is 318 g/mol. The Kier molecular flexibility index (Phi) is 4.55. The molecule has 3 rings (SSSR count). The van der Waals surface area contributed by atoms with Gasteiger partial charge in [-0.1, -0.05) is 24.2 Å². The van der Waals surface area contributed by atoms with Gasteiger partial charge in [0.15, 0.2) is 0 Å². The summed E-state index contributed by atoms with van der Waals surface area (Å²) in [6.45, 7) is 4.46. The first-order valence-corrected chi connectivity index (χ1v) is 7.75. The number of carbonyl (C=O) groups excluding carboxylic acids is 1. The van der Waals surface area contributed by atoms with E-state index in [0.29, 0.717) is 50.1 Å². The van der Waals surface area contributed by atoms with Gasteiger partial charge in [-0.3, -0.25) is 4.79 Å². The lowest BCUT2D eigenvalue weighted by Gasteiger charge is -2.33. The van der Waals surface area contributed by atoms with Crippen LogP contribution in [0.25, 0.3) is 0 Å². The third-order valence-electron chi connectivity index (χ3n) is 3.91. The van der Waals surface area contributed by atoms with Crippen molar-refractivity contribution in [2.75, 3.05) is 31.1 Å². The predicted molar refractivity (Wildman–Crippen MR) is 82.6 cm³/mol. The summed E-state index contributed by atoms with van der Waals surface area (Å²) >= 11 is 0. The van der Waals surface area contributed by atoms with E-state index in [4.69, 9.17) is 4.42 Å². The van der Waals surface area contributed by atoms with E-state index in [2.05, 4.69) is 10.2 Å². The highest BCUT2D eigenvalue weighted by atomic mass is 19.1. The number of hydrogen-bond donors (Lipinski definition) is 0. The fourth-order valence-electron chi connectivity index (χ4n) is 2.60. The number of anilines is 1. The molecule has 0 bridgehead atoms. The minimum absolute atomic E-state index is 0.00928. The molecule has 7 heteroatoms. The van der Waals surface area contributed by atoms with E-state index in [9.17, 15) is 9.18 Å². The molecule has 1 saturated heterocycles. The third kappa shape index (κ3) is 3.67. The molecule has 0 atom stereocenters. The molecule has 2 aromatic rings. The van der Waals surface area contributed by atoms with E-state index in [0.717, 1.165) is 0 Å². The number of benzene rings is 1. The van der Waals surface area contributed by atoms with Gasteiger partial charge < -0.3 is 14.2 Å². The van der Waals surface area contributed by atoms with Crippen LogP contribution in [0.2, 0.25) is 0 Å². The topological polar surface area (TPSA) is 62.5 Å². The standard InChI is InChI=1S/C16H19FN4O2/c1-2-14-18-19-16(23-14)21-8-6-20(7-9-21)15(22)11-12-4-3-5-13(17)10-12/h3-5,10H,2,6-9,11H2,1H3. The molecular weight excluding hydrogens is 299 g/mol. The summed E-state index contributed by atoms with van der Waals surface area (Å²) in [6, 6.07) is 6.68. The van der Waals surface area contributed by atoms with E-state index in [1.54, 1.807) is 17.0 Å². The SMILES string of the molecule is CCc1nnc(N2CCN(C(=O)Cc3cccc(F)c3)CC2)o1. The zero-order valence-corrected chi connectivity index (χ0v) is 13.0. The molecule has 1 aliphatic rings. The molecule has 1 aromatic carbocycles. The number of rotatable bonds is 4. The van der Waals surface area contributed by atoms with Gasteiger partial charge in [0.1, 0.15) is 5.82 Å². The number of hydrogen-bond acceptors (Lipinski definition) is 5. The van der Waals surface area contributed by atoms with Crippen molar-refractivity contribution < 1.29 is 13.6 Å². The van der Waals surface area contributed by atoms with E-state index < -0.39 is 0 Å². The van der Waals surface area contributed by atoms with Crippen molar-refractivity contribution in [1.82, 2.24) is 15.1 Å². The first kappa shape index (κ1) is 15.5. The van der Waals surface area contributed by atoms with Crippen LogP contribution in [-0.4, -0.2) is 47.2 Å². The Bertz CT molecular complexity index is 680. The first-order valence-electron chi connectivity index (χ1n) is 7.75. The Labute approximate surface area is 133 Å². The van der Waals surface area contributed by atoms with Crippen LogP contribution in [0.1, 0.15) is 18.4 Å². The summed E-state index contributed by atoms with van der Waals surface area (Å²) in [5, 5.41) is 7.98. The van der Waals surface area contributed by atoms with Crippen molar-refractivity contribution in [3.63, 3.8) is 0 Å². The number of piperazine rings is 1. The first-order chi connectivity index (χ1) is 11.2. The van der Waals surface area contributed by atoms with E-state index in [-0.39, 0.29) is 18.1 Å². The molecule has 1 aliphatic heterocycles. The van der Waals surface area contributed by atoms with Crippen LogP contribution >= 0.6 is 0 Å². The van der Waals surface area contributed by atoms with Crippen LogP contribution in [0.3, 0.4) is 0 Å². The number of nitrogens with zero attached hydrogens (tertiary/aromatic N) is 4. The van der Waals surface area contributed by atoms with Gasteiger partial charge in [0.2, 0.25) is 11.8 Å². The van der Waals surface area contributed by atoms with E-state index in [1.165, 1.54) is 12.1 Å². The minimum atomic E-state index is -0.316. The van der Waals surface area contributed by atoms with Crippen LogP contribution in [0.15, 0.2) is 28.7 Å². The molecule has 122 valence electrons. The molecular formula is C16H19FN4O2. The van der Waals surface area contributed by atoms with Gasteiger partial charge in [-0.2, -0.15) is 0 Å². The Balaban J connectivity index is 1.55. The Morgan fingerprint density at radius 1 is 1.26 bits per heavy atom. The quantitative estimate of drug-likeness (QED) is 0.858. The van der Waals surface area contributed by atoms with E-state index >= 15 is 0 Å². The highest BCUT2D eigenvalue weighted by Gasteiger charge is 2.24. The highest BCUT2D eigenvalue weighted by Crippen LogP contribution is 2.16. The van der Waals surface area contributed by atoms with Crippen LogP contribution in [0.4, 0.5) is 10.4 Å². The van der Waals surface area contributed by atoms with Crippen molar-refractivity contribution in [3.8, 4) is 0 Å².